The summed E-state index contributed by atoms with van der Waals surface area (Å²) in [4.78, 5) is 4.53. The van der Waals surface area contributed by atoms with E-state index in [9.17, 15) is 13.2 Å². The second-order valence-corrected chi connectivity index (χ2v) is 8.89. The summed E-state index contributed by atoms with van der Waals surface area (Å²) in [6.07, 6.45) is -0.883. The highest BCUT2D eigenvalue weighted by Gasteiger charge is 2.31. The molecule has 0 amide bonds. The maximum atomic E-state index is 13.6. The minimum absolute atomic E-state index is 0.597. The van der Waals surface area contributed by atoms with Gasteiger partial charge in [-0.2, -0.15) is 13.2 Å². The molecular formula is C27H24BrF3N2. The molecule has 0 aliphatic carbocycles. The minimum Gasteiger partial charge on any atom is -0.298 e. The quantitative estimate of drug-likeness (QED) is 0.180. The van der Waals surface area contributed by atoms with Gasteiger partial charge in [0.2, 0.25) is 0 Å². The molecule has 0 saturated heterocycles. The molecule has 4 aromatic rings. The molecule has 2 heterocycles. The molecule has 0 atom stereocenters. The van der Waals surface area contributed by atoms with Crippen LogP contribution in [0.15, 0.2) is 83.5 Å². The number of aryl methyl sites for hydroxylation is 3. The molecule has 0 fully saturated rings. The number of unbranched alkanes of at least 4 members (excludes halogenated alkanes) is 1. The van der Waals surface area contributed by atoms with Crippen LogP contribution in [-0.4, -0.2) is 9.55 Å². The highest BCUT2D eigenvalue weighted by Crippen LogP contribution is 2.36. The number of nitrogens with zero attached hydrogens (tertiary/aromatic N) is 2. The summed E-state index contributed by atoms with van der Waals surface area (Å²) in [7, 11) is 0. The fourth-order valence-electron chi connectivity index (χ4n) is 4.07. The zero-order valence-corrected chi connectivity index (χ0v) is 19.8. The third kappa shape index (κ3) is 5.56. The molecule has 6 heteroatoms. The van der Waals surface area contributed by atoms with Crippen LogP contribution in [0.5, 0.6) is 0 Å². The predicted octanol–water partition coefficient (Wildman–Crippen LogP) is 8.19. The van der Waals surface area contributed by atoms with Crippen molar-refractivity contribution in [3.8, 4) is 17.1 Å². The SMILES string of the molecule is Cc1ccc(-c2cc(C(F)(F)F)ccc2CCCCc2ccccc2)n1-c1cccc(Br)n1. The van der Waals surface area contributed by atoms with E-state index < -0.39 is 11.7 Å². The highest BCUT2D eigenvalue weighted by atomic mass is 79.9. The van der Waals surface area contributed by atoms with Gasteiger partial charge in [-0.25, -0.2) is 4.98 Å². The largest absolute Gasteiger partial charge is 0.416 e. The summed E-state index contributed by atoms with van der Waals surface area (Å²) in [5.74, 6) is 0.661. The van der Waals surface area contributed by atoms with Crippen LogP contribution in [0.1, 0.15) is 35.2 Å². The topological polar surface area (TPSA) is 17.8 Å². The van der Waals surface area contributed by atoms with Crippen LogP contribution in [0.3, 0.4) is 0 Å². The molecular weight excluding hydrogens is 489 g/mol. The van der Waals surface area contributed by atoms with E-state index in [1.165, 1.54) is 17.7 Å². The average Bonchev–Trinajstić information content (AvgIpc) is 3.18. The normalized spacial score (nSPS) is 11.7. The van der Waals surface area contributed by atoms with Crippen LogP contribution in [0.4, 0.5) is 13.2 Å². The summed E-state index contributed by atoms with van der Waals surface area (Å²) in [6, 6.07) is 23.7. The van der Waals surface area contributed by atoms with Gasteiger partial charge in [0.15, 0.2) is 0 Å². The standard InChI is InChI=1S/C27H24BrF3N2/c1-19-14-17-24(33(19)26-13-7-12-25(28)32-26)23-18-22(27(29,30)31)16-15-21(23)11-6-5-10-20-8-3-2-4-9-20/h2-4,7-9,12-18H,5-6,10-11H2,1H3. The van der Waals surface area contributed by atoms with Crippen molar-refractivity contribution in [3.05, 3.63) is 106 Å². The Bertz CT molecular complexity index is 1230. The number of benzene rings is 2. The molecule has 0 aliphatic rings. The van der Waals surface area contributed by atoms with Gasteiger partial charge < -0.3 is 0 Å². The molecule has 2 nitrogen and oxygen atoms in total. The fourth-order valence-corrected chi connectivity index (χ4v) is 4.41. The van der Waals surface area contributed by atoms with Crippen molar-refractivity contribution >= 4 is 15.9 Å². The van der Waals surface area contributed by atoms with Crippen molar-refractivity contribution in [2.75, 3.05) is 0 Å². The maximum absolute atomic E-state index is 13.6. The zero-order valence-electron chi connectivity index (χ0n) is 18.2. The van der Waals surface area contributed by atoms with Gasteiger partial charge in [-0.3, -0.25) is 4.57 Å². The molecule has 170 valence electrons. The van der Waals surface area contributed by atoms with E-state index >= 15 is 0 Å². The first-order valence-electron chi connectivity index (χ1n) is 10.9. The van der Waals surface area contributed by atoms with Crippen LogP contribution in [0, 0.1) is 6.92 Å². The molecule has 4 rings (SSSR count). The Hall–Kier alpha value is -2.86. The Morgan fingerprint density at radius 2 is 1.61 bits per heavy atom. The van der Waals surface area contributed by atoms with Crippen LogP contribution in [-0.2, 0) is 19.0 Å². The maximum Gasteiger partial charge on any atom is 0.416 e. The van der Waals surface area contributed by atoms with Gasteiger partial charge in [-0.1, -0.05) is 42.5 Å². The van der Waals surface area contributed by atoms with E-state index in [1.807, 2.05) is 60.0 Å². The number of hydrogen-bond acceptors (Lipinski definition) is 1. The zero-order chi connectivity index (χ0) is 23.4. The van der Waals surface area contributed by atoms with Crippen molar-refractivity contribution < 1.29 is 13.2 Å². The van der Waals surface area contributed by atoms with Crippen LogP contribution in [0.25, 0.3) is 17.1 Å². The molecule has 0 unspecified atom stereocenters. The Kier molecular flexibility index (Phi) is 7.03. The van der Waals surface area contributed by atoms with Gasteiger partial charge >= 0.3 is 6.18 Å². The van der Waals surface area contributed by atoms with E-state index in [0.29, 0.717) is 28.1 Å². The summed E-state index contributed by atoms with van der Waals surface area (Å²) < 4.78 is 43.3. The molecule has 0 N–H and O–H groups in total. The van der Waals surface area contributed by atoms with Crippen LogP contribution in [0.2, 0.25) is 0 Å². The summed E-state index contributed by atoms with van der Waals surface area (Å²) in [6.45, 7) is 1.93. The lowest BCUT2D eigenvalue weighted by Gasteiger charge is -2.17. The Labute approximate surface area is 200 Å². The van der Waals surface area contributed by atoms with E-state index in [1.54, 1.807) is 6.07 Å². The monoisotopic (exact) mass is 512 g/mol. The first kappa shape index (κ1) is 23.3. The molecule has 0 spiro atoms. The van der Waals surface area contributed by atoms with Gasteiger partial charge in [0.25, 0.3) is 0 Å². The van der Waals surface area contributed by atoms with Gasteiger partial charge in [0.1, 0.15) is 10.4 Å². The number of aromatic nitrogens is 2. The first-order chi connectivity index (χ1) is 15.8. The fraction of sp³-hybridized carbons (Fsp3) is 0.222. The second-order valence-electron chi connectivity index (χ2n) is 8.08. The molecule has 0 bridgehead atoms. The van der Waals surface area contributed by atoms with Crippen LogP contribution >= 0.6 is 15.9 Å². The molecule has 0 radical (unpaired) electrons. The number of hydrogen-bond donors (Lipinski definition) is 0. The summed E-state index contributed by atoms with van der Waals surface area (Å²) >= 11 is 3.39. The first-order valence-corrected chi connectivity index (χ1v) is 11.7. The summed E-state index contributed by atoms with van der Waals surface area (Å²) in [5, 5.41) is 0. The molecule has 2 aromatic heterocycles. The Morgan fingerprint density at radius 1 is 0.848 bits per heavy atom. The van der Waals surface area contributed by atoms with Crippen molar-refractivity contribution in [1.29, 1.82) is 0 Å². The molecule has 33 heavy (non-hydrogen) atoms. The van der Waals surface area contributed by atoms with Crippen LogP contribution < -0.4 is 0 Å². The molecule has 2 aromatic carbocycles. The van der Waals surface area contributed by atoms with E-state index in [4.69, 9.17) is 0 Å². The summed E-state index contributed by atoms with van der Waals surface area (Å²) in [5.41, 5.74) is 3.75. The van der Waals surface area contributed by atoms with Gasteiger partial charge in [0.05, 0.1) is 11.3 Å². The molecule has 0 saturated carbocycles. The lowest BCUT2D eigenvalue weighted by atomic mass is 9.96. The van der Waals surface area contributed by atoms with Crippen molar-refractivity contribution in [2.45, 2.75) is 38.8 Å². The van der Waals surface area contributed by atoms with Gasteiger partial charge in [0, 0.05) is 11.3 Å². The lowest BCUT2D eigenvalue weighted by molar-refractivity contribution is -0.137. The predicted molar refractivity (Wildman–Crippen MR) is 130 cm³/mol. The minimum atomic E-state index is -4.40. The van der Waals surface area contributed by atoms with E-state index in [-0.39, 0.29) is 0 Å². The van der Waals surface area contributed by atoms with Gasteiger partial charge in [-0.15, -0.1) is 0 Å². The average molecular weight is 513 g/mol. The van der Waals surface area contributed by atoms with E-state index in [0.717, 1.165) is 30.5 Å². The smallest absolute Gasteiger partial charge is 0.298 e. The number of rotatable bonds is 7. The third-order valence-electron chi connectivity index (χ3n) is 5.72. The lowest BCUT2D eigenvalue weighted by Crippen LogP contribution is -2.08. The number of alkyl halides is 3. The van der Waals surface area contributed by atoms with Crippen molar-refractivity contribution in [3.63, 3.8) is 0 Å². The number of pyridine rings is 1. The van der Waals surface area contributed by atoms with Crippen molar-refractivity contribution in [2.24, 2.45) is 0 Å². The number of halogens is 4. The molecule has 0 aliphatic heterocycles. The third-order valence-corrected chi connectivity index (χ3v) is 6.16. The van der Waals surface area contributed by atoms with Gasteiger partial charge in [-0.05, 0) is 96.1 Å². The Morgan fingerprint density at radius 3 is 2.33 bits per heavy atom. The second kappa shape index (κ2) is 9.96. The van der Waals surface area contributed by atoms with E-state index in [2.05, 4.69) is 33.0 Å². The Balaban J connectivity index is 1.68. The highest BCUT2D eigenvalue weighted by molar-refractivity contribution is 9.10. The van der Waals surface area contributed by atoms with Crippen molar-refractivity contribution in [1.82, 2.24) is 9.55 Å².